The standard InChI is InChI=1S/C20H22N2O4S/c1-24-10-9-22-17-8-7-16(26-3)13-18(17)27-20(22)21-19(23)12-14-5-4-6-15(11-14)25-2/h4-8,11,13H,9-10,12H2,1-3H3. The van der Waals surface area contributed by atoms with Crippen LogP contribution in [0, 0.1) is 0 Å². The second-order valence-corrected chi connectivity index (χ2v) is 6.91. The summed E-state index contributed by atoms with van der Waals surface area (Å²) in [6.07, 6.45) is 0.221. The van der Waals surface area contributed by atoms with Crippen molar-refractivity contribution in [2.24, 2.45) is 4.99 Å². The number of methoxy groups -OCH3 is 3. The van der Waals surface area contributed by atoms with Gasteiger partial charge < -0.3 is 18.8 Å². The number of thiazole rings is 1. The number of hydrogen-bond acceptors (Lipinski definition) is 5. The van der Waals surface area contributed by atoms with E-state index in [1.165, 1.54) is 11.3 Å². The van der Waals surface area contributed by atoms with E-state index in [0.29, 0.717) is 18.0 Å². The predicted octanol–water partition coefficient (Wildman–Crippen LogP) is 3.04. The van der Waals surface area contributed by atoms with Gasteiger partial charge in [-0.15, -0.1) is 0 Å². The Balaban J connectivity index is 1.96. The van der Waals surface area contributed by atoms with E-state index in [0.717, 1.165) is 27.3 Å². The van der Waals surface area contributed by atoms with Crippen molar-refractivity contribution in [1.82, 2.24) is 4.57 Å². The average molecular weight is 386 g/mol. The van der Waals surface area contributed by atoms with Crippen LogP contribution in [0.4, 0.5) is 0 Å². The molecule has 142 valence electrons. The van der Waals surface area contributed by atoms with Crippen LogP contribution in [0.3, 0.4) is 0 Å². The lowest BCUT2D eigenvalue weighted by Gasteiger charge is -2.05. The Morgan fingerprint density at radius 2 is 1.85 bits per heavy atom. The first kappa shape index (κ1) is 19.1. The van der Waals surface area contributed by atoms with Crippen molar-refractivity contribution >= 4 is 27.5 Å². The highest BCUT2D eigenvalue weighted by Gasteiger charge is 2.10. The van der Waals surface area contributed by atoms with Crippen LogP contribution >= 0.6 is 11.3 Å². The molecule has 0 unspecified atom stereocenters. The second-order valence-electron chi connectivity index (χ2n) is 5.90. The van der Waals surface area contributed by atoms with Crippen LogP contribution in [0.1, 0.15) is 5.56 Å². The van der Waals surface area contributed by atoms with Crippen LogP contribution in [0.5, 0.6) is 11.5 Å². The molecule has 3 aromatic rings. The minimum absolute atomic E-state index is 0.201. The molecule has 0 saturated carbocycles. The minimum Gasteiger partial charge on any atom is -0.497 e. The summed E-state index contributed by atoms with van der Waals surface area (Å²) in [6.45, 7) is 1.16. The van der Waals surface area contributed by atoms with Gasteiger partial charge in [0.2, 0.25) is 0 Å². The van der Waals surface area contributed by atoms with E-state index >= 15 is 0 Å². The first-order valence-corrected chi connectivity index (χ1v) is 9.33. The number of ether oxygens (including phenoxy) is 3. The molecule has 2 aromatic carbocycles. The summed E-state index contributed by atoms with van der Waals surface area (Å²) in [5.74, 6) is 1.30. The molecule has 0 aliphatic heterocycles. The van der Waals surface area contributed by atoms with Gasteiger partial charge in [0.05, 0.1) is 37.5 Å². The molecule has 7 heteroatoms. The molecule has 6 nitrogen and oxygen atoms in total. The summed E-state index contributed by atoms with van der Waals surface area (Å²) in [6, 6.07) is 13.3. The maximum atomic E-state index is 12.5. The smallest absolute Gasteiger partial charge is 0.252 e. The zero-order valence-corrected chi connectivity index (χ0v) is 16.4. The van der Waals surface area contributed by atoms with Crippen LogP contribution in [0.25, 0.3) is 10.2 Å². The Morgan fingerprint density at radius 1 is 1.07 bits per heavy atom. The summed E-state index contributed by atoms with van der Waals surface area (Å²) in [5.41, 5.74) is 1.88. The van der Waals surface area contributed by atoms with Crippen molar-refractivity contribution in [3.05, 3.63) is 52.8 Å². The molecule has 0 fully saturated rings. The van der Waals surface area contributed by atoms with Crippen LogP contribution in [0.2, 0.25) is 0 Å². The number of benzene rings is 2. The third-order valence-corrected chi connectivity index (χ3v) is 5.16. The Labute approximate surface area is 161 Å². The number of rotatable bonds is 7. The molecule has 1 aromatic heterocycles. The maximum Gasteiger partial charge on any atom is 0.252 e. The zero-order chi connectivity index (χ0) is 19.2. The van der Waals surface area contributed by atoms with Crippen molar-refractivity contribution in [3.63, 3.8) is 0 Å². The van der Waals surface area contributed by atoms with Crippen LogP contribution in [0.15, 0.2) is 47.5 Å². The lowest BCUT2D eigenvalue weighted by Crippen LogP contribution is -2.19. The summed E-state index contributed by atoms with van der Waals surface area (Å²) < 4.78 is 18.7. The van der Waals surface area contributed by atoms with E-state index in [4.69, 9.17) is 14.2 Å². The molecule has 1 heterocycles. The zero-order valence-electron chi connectivity index (χ0n) is 15.6. The first-order chi connectivity index (χ1) is 13.1. The molecule has 0 radical (unpaired) electrons. The summed E-state index contributed by atoms with van der Waals surface area (Å²) >= 11 is 1.47. The van der Waals surface area contributed by atoms with Crippen molar-refractivity contribution in [2.75, 3.05) is 27.9 Å². The minimum atomic E-state index is -0.201. The third-order valence-electron chi connectivity index (χ3n) is 4.12. The van der Waals surface area contributed by atoms with Gasteiger partial charge in [0.15, 0.2) is 4.80 Å². The van der Waals surface area contributed by atoms with E-state index in [-0.39, 0.29) is 12.3 Å². The molecule has 0 N–H and O–H groups in total. The monoisotopic (exact) mass is 386 g/mol. The first-order valence-electron chi connectivity index (χ1n) is 8.51. The van der Waals surface area contributed by atoms with Crippen molar-refractivity contribution in [3.8, 4) is 11.5 Å². The molecular formula is C20H22N2O4S. The predicted molar refractivity (Wildman–Crippen MR) is 106 cm³/mol. The number of fused-ring (bicyclic) bond motifs is 1. The number of aromatic nitrogens is 1. The van der Waals surface area contributed by atoms with E-state index in [1.54, 1.807) is 21.3 Å². The molecule has 3 rings (SSSR count). The average Bonchev–Trinajstić information content (AvgIpc) is 3.02. The molecule has 0 aliphatic carbocycles. The highest BCUT2D eigenvalue weighted by atomic mass is 32.1. The number of nitrogens with zero attached hydrogens (tertiary/aromatic N) is 2. The van der Waals surface area contributed by atoms with E-state index < -0.39 is 0 Å². The van der Waals surface area contributed by atoms with Crippen molar-refractivity contribution in [1.29, 1.82) is 0 Å². The second kappa shape index (κ2) is 8.83. The van der Waals surface area contributed by atoms with Crippen molar-refractivity contribution < 1.29 is 19.0 Å². The van der Waals surface area contributed by atoms with Gasteiger partial charge in [-0.05, 0) is 35.9 Å². The third kappa shape index (κ3) is 4.56. The molecule has 1 amide bonds. The largest absolute Gasteiger partial charge is 0.497 e. The van der Waals surface area contributed by atoms with Gasteiger partial charge in [-0.25, -0.2) is 0 Å². The number of hydrogen-bond donors (Lipinski definition) is 0. The molecule has 0 bridgehead atoms. The Kier molecular flexibility index (Phi) is 6.26. The van der Waals surface area contributed by atoms with Crippen molar-refractivity contribution in [2.45, 2.75) is 13.0 Å². The van der Waals surface area contributed by atoms with E-state index in [2.05, 4.69) is 4.99 Å². The maximum absolute atomic E-state index is 12.5. The summed E-state index contributed by atoms with van der Waals surface area (Å²) in [7, 11) is 4.90. The van der Waals surface area contributed by atoms with Crippen LogP contribution < -0.4 is 14.3 Å². The van der Waals surface area contributed by atoms with Gasteiger partial charge in [-0.2, -0.15) is 4.99 Å². The fourth-order valence-electron chi connectivity index (χ4n) is 2.77. The summed E-state index contributed by atoms with van der Waals surface area (Å²) in [4.78, 5) is 17.6. The Bertz CT molecular complexity index is 1010. The van der Waals surface area contributed by atoms with Gasteiger partial charge in [0, 0.05) is 13.7 Å². The molecule has 0 aliphatic rings. The highest BCUT2D eigenvalue weighted by Crippen LogP contribution is 2.23. The SMILES string of the molecule is COCCn1c(=NC(=O)Cc2cccc(OC)c2)sc2cc(OC)ccc21. The van der Waals surface area contributed by atoms with E-state index in [9.17, 15) is 4.79 Å². The molecule has 0 atom stereocenters. The lowest BCUT2D eigenvalue weighted by atomic mass is 10.1. The number of amides is 1. The van der Waals surface area contributed by atoms with Gasteiger partial charge in [-0.1, -0.05) is 23.5 Å². The fourth-order valence-corrected chi connectivity index (χ4v) is 3.87. The molecule has 0 saturated heterocycles. The van der Waals surface area contributed by atoms with Crippen LogP contribution in [-0.4, -0.2) is 38.4 Å². The number of carbonyl (C=O) groups excluding carboxylic acids is 1. The molecule has 0 spiro atoms. The topological polar surface area (TPSA) is 62.1 Å². The highest BCUT2D eigenvalue weighted by molar-refractivity contribution is 7.16. The summed E-state index contributed by atoms with van der Waals surface area (Å²) in [5, 5.41) is 0. The molecular weight excluding hydrogens is 364 g/mol. The van der Waals surface area contributed by atoms with Gasteiger partial charge >= 0.3 is 0 Å². The normalized spacial score (nSPS) is 11.7. The number of carbonyl (C=O) groups is 1. The van der Waals surface area contributed by atoms with E-state index in [1.807, 2.05) is 47.0 Å². The van der Waals surface area contributed by atoms with Crippen LogP contribution in [-0.2, 0) is 22.5 Å². The lowest BCUT2D eigenvalue weighted by molar-refractivity contribution is -0.117. The van der Waals surface area contributed by atoms with Gasteiger partial charge in [0.25, 0.3) is 5.91 Å². The molecule has 27 heavy (non-hydrogen) atoms. The fraction of sp³-hybridized carbons (Fsp3) is 0.300. The Hall–Kier alpha value is -2.64. The quantitative estimate of drug-likeness (QED) is 0.626. The Morgan fingerprint density at radius 3 is 2.59 bits per heavy atom. The van der Waals surface area contributed by atoms with Gasteiger partial charge in [-0.3, -0.25) is 4.79 Å². The van der Waals surface area contributed by atoms with Gasteiger partial charge in [0.1, 0.15) is 11.5 Å².